The molecule has 3 rings (SSSR count). The molecule has 7 nitrogen and oxygen atoms in total. The number of aryl methyl sites for hydroxylation is 1. The van der Waals surface area contributed by atoms with Gasteiger partial charge < -0.3 is 26.4 Å². The van der Waals surface area contributed by atoms with E-state index in [4.69, 9.17) is 11.1 Å². The Bertz CT molecular complexity index is 851. The van der Waals surface area contributed by atoms with Gasteiger partial charge in [0.25, 0.3) is 0 Å². The van der Waals surface area contributed by atoms with Gasteiger partial charge in [0.05, 0.1) is 0 Å². The second-order valence-electron chi connectivity index (χ2n) is 6.93. The topological polar surface area (TPSA) is 114 Å². The summed E-state index contributed by atoms with van der Waals surface area (Å²) in [5.41, 5.74) is 9.67. The number of anilines is 2. The van der Waals surface area contributed by atoms with Gasteiger partial charge in [0.2, 0.25) is 0 Å². The number of nitrogens with zero attached hydrogens (tertiary/aromatic N) is 1. The van der Waals surface area contributed by atoms with Gasteiger partial charge >= 0.3 is 5.97 Å². The van der Waals surface area contributed by atoms with Crippen molar-refractivity contribution in [3.8, 4) is 0 Å². The van der Waals surface area contributed by atoms with Crippen molar-refractivity contribution in [2.24, 2.45) is 5.73 Å². The summed E-state index contributed by atoms with van der Waals surface area (Å²) in [6.45, 7) is 5.74. The third-order valence-corrected chi connectivity index (χ3v) is 4.98. The number of halogens is 1. The predicted octanol–water partition coefficient (Wildman–Crippen LogP) is 2.60. The van der Waals surface area contributed by atoms with E-state index < -0.39 is 12.0 Å². The van der Waals surface area contributed by atoms with E-state index in [0.717, 1.165) is 49.4 Å². The van der Waals surface area contributed by atoms with Crippen LogP contribution in [-0.4, -0.2) is 43.1 Å². The van der Waals surface area contributed by atoms with Crippen molar-refractivity contribution < 1.29 is 9.90 Å². The first-order valence-corrected chi connectivity index (χ1v) is 9.51. The summed E-state index contributed by atoms with van der Waals surface area (Å²) in [6.07, 6.45) is 0.840. The van der Waals surface area contributed by atoms with Crippen LogP contribution in [0.4, 0.5) is 11.4 Å². The number of amidine groups is 1. The Hall–Kier alpha value is -2.77. The van der Waals surface area contributed by atoms with Crippen LogP contribution in [0.15, 0.2) is 42.5 Å². The number of carboxylic acids is 1. The zero-order chi connectivity index (χ0) is 20.1. The molecule has 2 aromatic rings. The first-order valence-electron chi connectivity index (χ1n) is 9.51. The summed E-state index contributed by atoms with van der Waals surface area (Å²) < 4.78 is 0. The van der Waals surface area contributed by atoms with Gasteiger partial charge in [0, 0.05) is 43.1 Å². The van der Waals surface area contributed by atoms with Crippen molar-refractivity contribution in [2.75, 3.05) is 36.4 Å². The lowest BCUT2D eigenvalue weighted by Gasteiger charge is -2.30. The number of nitrogens with two attached hydrogens (primary N) is 1. The van der Waals surface area contributed by atoms with Crippen LogP contribution in [0.3, 0.4) is 0 Å². The number of hydrogen-bond donors (Lipinski definition) is 5. The maximum absolute atomic E-state index is 12.0. The molecule has 0 bridgehead atoms. The molecule has 0 radical (unpaired) electrons. The summed E-state index contributed by atoms with van der Waals surface area (Å²) in [5.74, 6) is -0.951. The number of nitrogens with one attached hydrogen (secondary N) is 3. The molecule has 0 aliphatic carbocycles. The van der Waals surface area contributed by atoms with Crippen LogP contribution in [0.1, 0.15) is 29.7 Å². The highest BCUT2D eigenvalue weighted by Crippen LogP contribution is 2.27. The average Bonchev–Trinajstić information content (AvgIpc) is 2.72. The minimum Gasteiger partial charge on any atom is -0.479 e. The molecular formula is C21H28ClN5O2. The maximum Gasteiger partial charge on any atom is 0.330 e. The number of carboxylic acid groups (broad SMARTS) is 1. The van der Waals surface area contributed by atoms with Crippen molar-refractivity contribution in [3.63, 3.8) is 0 Å². The quantitative estimate of drug-likeness (QED) is 0.349. The lowest BCUT2D eigenvalue weighted by atomic mass is 10.00. The van der Waals surface area contributed by atoms with Crippen LogP contribution < -0.4 is 21.3 Å². The first-order chi connectivity index (χ1) is 13.5. The van der Waals surface area contributed by atoms with Crippen LogP contribution in [0, 0.1) is 5.41 Å². The number of rotatable bonds is 7. The Kier molecular flexibility index (Phi) is 7.87. The van der Waals surface area contributed by atoms with Crippen molar-refractivity contribution in [3.05, 3.63) is 59.2 Å². The number of hydrogen-bond acceptors (Lipinski definition) is 5. The van der Waals surface area contributed by atoms with Crippen molar-refractivity contribution in [2.45, 2.75) is 19.4 Å². The summed E-state index contributed by atoms with van der Waals surface area (Å²) in [5, 5.41) is 23.8. The van der Waals surface area contributed by atoms with E-state index >= 15 is 0 Å². The van der Waals surface area contributed by atoms with Gasteiger partial charge in [0.1, 0.15) is 5.84 Å². The third kappa shape index (κ3) is 5.62. The smallest absolute Gasteiger partial charge is 0.330 e. The van der Waals surface area contributed by atoms with Crippen molar-refractivity contribution in [1.82, 2.24) is 5.32 Å². The predicted molar refractivity (Wildman–Crippen MR) is 120 cm³/mol. The maximum atomic E-state index is 12.0. The Morgan fingerprint density at radius 3 is 2.45 bits per heavy atom. The van der Waals surface area contributed by atoms with Crippen molar-refractivity contribution in [1.29, 1.82) is 5.41 Å². The molecule has 1 saturated heterocycles. The van der Waals surface area contributed by atoms with E-state index in [9.17, 15) is 9.90 Å². The highest BCUT2D eigenvalue weighted by Gasteiger charge is 2.22. The first kappa shape index (κ1) is 22.5. The second kappa shape index (κ2) is 10.1. The Morgan fingerprint density at radius 1 is 1.24 bits per heavy atom. The average molecular weight is 418 g/mol. The normalized spacial score (nSPS) is 14.6. The van der Waals surface area contributed by atoms with E-state index in [1.54, 1.807) is 24.3 Å². The van der Waals surface area contributed by atoms with E-state index in [1.807, 2.05) is 12.1 Å². The number of benzene rings is 2. The molecule has 0 amide bonds. The fourth-order valence-corrected chi connectivity index (χ4v) is 3.38. The van der Waals surface area contributed by atoms with E-state index in [0.29, 0.717) is 11.3 Å². The zero-order valence-electron chi connectivity index (χ0n) is 16.4. The van der Waals surface area contributed by atoms with E-state index in [2.05, 4.69) is 28.5 Å². The van der Waals surface area contributed by atoms with Gasteiger partial charge in [-0.15, -0.1) is 12.4 Å². The molecule has 0 spiro atoms. The van der Waals surface area contributed by atoms with E-state index in [1.165, 1.54) is 0 Å². The molecule has 6 N–H and O–H groups in total. The Morgan fingerprint density at radius 2 is 1.90 bits per heavy atom. The number of aliphatic carboxylic acids is 1. The molecule has 1 unspecified atom stereocenters. The molecule has 1 fully saturated rings. The Labute approximate surface area is 177 Å². The number of nitrogen functional groups attached to an aromatic ring is 1. The van der Waals surface area contributed by atoms with Crippen LogP contribution in [-0.2, 0) is 11.2 Å². The summed E-state index contributed by atoms with van der Waals surface area (Å²) >= 11 is 0. The lowest BCUT2D eigenvalue weighted by Crippen LogP contribution is -2.43. The molecule has 1 aliphatic rings. The molecule has 1 atom stereocenters. The lowest BCUT2D eigenvalue weighted by molar-refractivity contribution is -0.138. The van der Waals surface area contributed by atoms with Crippen LogP contribution in [0.2, 0.25) is 0 Å². The molecule has 29 heavy (non-hydrogen) atoms. The van der Waals surface area contributed by atoms with Crippen molar-refractivity contribution >= 4 is 35.6 Å². The Balaban J connectivity index is 0.00000300. The molecule has 1 heterocycles. The zero-order valence-corrected chi connectivity index (χ0v) is 17.3. The van der Waals surface area contributed by atoms with Crippen LogP contribution >= 0.6 is 12.4 Å². The summed E-state index contributed by atoms with van der Waals surface area (Å²) in [4.78, 5) is 14.3. The standard InChI is InChI=1S/C21H27N5O2.ClH/c1-2-14-11-16(13-18(12-14)26-9-7-24-8-10-26)19(21(27)28)25-17-5-3-15(4-6-17)20(22)23;/h3-6,11-13,19,24-25H,2,7-10H2,1H3,(H3,22,23)(H,27,28);1H. The summed E-state index contributed by atoms with van der Waals surface area (Å²) in [7, 11) is 0. The minimum atomic E-state index is -0.935. The second-order valence-corrected chi connectivity index (χ2v) is 6.93. The fourth-order valence-electron chi connectivity index (χ4n) is 3.38. The molecule has 156 valence electrons. The largest absolute Gasteiger partial charge is 0.479 e. The minimum absolute atomic E-state index is 0. The highest BCUT2D eigenvalue weighted by molar-refractivity contribution is 5.95. The van der Waals surface area contributed by atoms with Gasteiger partial charge in [-0.3, -0.25) is 5.41 Å². The fraction of sp³-hybridized carbons (Fsp3) is 0.333. The SMILES string of the molecule is CCc1cc(C(Nc2ccc(C(=N)N)cc2)C(=O)O)cc(N2CCNCC2)c1.Cl. The number of carbonyl (C=O) groups is 1. The molecule has 0 saturated carbocycles. The van der Waals surface area contributed by atoms with Crippen LogP contribution in [0.5, 0.6) is 0 Å². The van der Waals surface area contributed by atoms with Gasteiger partial charge in [-0.05, 0) is 53.9 Å². The molecular weight excluding hydrogens is 390 g/mol. The van der Waals surface area contributed by atoms with Gasteiger partial charge in [-0.1, -0.05) is 13.0 Å². The van der Waals surface area contributed by atoms with Gasteiger partial charge in [0.15, 0.2) is 6.04 Å². The van der Waals surface area contributed by atoms with E-state index in [-0.39, 0.29) is 18.2 Å². The molecule has 1 aliphatic heterocycles. The highest BCUT2D eigenvalue weighted by atomic mass is 35.5. The van der Waals surface area contributed by atoms with Gasteiger partial charge in [-0.25, -0.2) is 4.79 Å². The molecule has 0 aromatic heterocycles. The van der Waals surface area contributed by atoms with Gasteiger partial charge in [-0.2, -0.15) is 0 Å². The molecule has 8 heteroatoms. The summed E-state index contributed by atoms with van der Waals surface area (Å²) in [6, 6.07) is 12.1. The van der Waals surface area contributed by atoms with Crippen LogP contribution in [0.25, 0.3) is 0 Å². The third-order valence-electron chi connectivity index (χ3n) is 4.98. The monoisotopic (exact) mass is 417 g/mol. The molecule has 2 aromatic carbocycles. The number of piperazine rings is 1.